The van der Waals surface area contributed by atoms with Crippen LogP contribution >= 0.6 is 0 Å². The van der Waals surface area contributed by atoms with Crippen LogP contribution in [0.25, 0.3) is 10.9 Å². The molecular weight excluding hydrogens is 652 g/mol. The lowest BCUT2D eigenvalue weighted by Crippen LogP contribution is -2.57. The van der Waals surface area contributed by atoms with Gasteiger partial charge in [-0.15, -0.1) is 0 Å². The number of rotatable bonds is 16. The second-order valence-corrected chi connectivity index (χ2v) is 13.3. The summed E-state index contributed by atoms with van der Waals surface area (Å²) in [5.74, 6) is -3.39. The van der Waals surface area contributed by atoms with Crippen LogP contribution in [-0.2, 0) is 43.2 Å². The van der Waals surface area contributed by atoms with Crippen molar-refractivity contribution >= 4 is 40.7 Å². The molecule has 270 valence electrons. The van der Waals surface area contributed by atoms with Gasteiger partial charge in [-0.25, -0.2) is 9.59 Å². The average Bonchev–Trinajstić information content (AvgIpc) is 3.49. The van der Waals surface area contributed by atoms with E-state index >= 15 is 0 Å². The lowest BCUT2D eigenvalue weighted by molar-refractivity contribution is -0.141. The Morgan fingerprint density at radius 3 is 1.90 bits per heavy atom. The summed E-state index contributed by atoms with van der Waals surface area (Å²) in [6.45, 7) is 5.02. The lowest BCUT2D eigenvalue weighted by atomic mass is 10.0. The molecule has 0 saturated heterocycles. The molecule has 3 aromatic carbocycles. The number of hydrogen-bond acceptors (Lipinski definition) is 7. The summed E-state index contributed by atoms with van der Waals surface area (Å²) in [6, 6.07) is 21.9. The number of aromatic amines is 1. The minimum atomic E-state index is -1.63. The van der Waals surface area contributed by atoms with Crippen LogP contribution in [0.3, 0.4) is 0 Å². The SMILES string of the molecule is CC(C)(C)OC(=O)N[C@@H](CC(=O)N[C@@H](Cc1c[nH]c2ccccc12)C(=O)N[C@@H](Cc1ccccc1)C(=O)N[C@@H](CN)Cc1ccccc1)C(=O)O. The van der Waals surface area contributed by atoms with Gasteiger partial charge in [0.25, 0.3) is 0 Å². The molecule has 1 aromatic heterocycles. The molecule has 0 aliphatic heterocycles. The number of hydrogen-bond donors (Lipinski definition) is 7. The van der Waals surface area contributed by atoms with E-state index in [1.807, 2.05) is 84.9 Å². The summed E-state index contributed by atoms with van der Waals surface area (Å²) >= 11 is 0. The first-order chi connectivity index (χ1) is 24.3. The summed E-state index contributed by atoms with van der Waals surface area (Å²) in [6.07, 6.45) is 0.681. The van der Waals surface area contributed by atoms with Crippen molar-refractivity contribution in [1.29, 1.82) is 0 Å². The summed E-state index contributed by atoms with van der Waals surface area (Å²) in [5, 5.41) is 21.2. The minimum absolute atomic E-state index is 0.0118. The van der Waals surface area contributed by atoms with Gasteiger partial charge < -0.3 is 41.8 Å². The minimum Gasteiger partial charge on any atom is -0.480 e. The van der Waals surface area contributed by atoms with Crippen LogP contribution < -0.4 is 27.0 Å². The fourth-order valence-electron chi connectivity index (χ4n) is 5.54. The van der Waals surface area contributed by atoms with Gasteiger partial charge in [0.15, 0.2) is 0 Å². The highest BCUT2D eigenvalue weighted by Gasteiger charge is 2.31. The molecule has 4 rings (SSSR count). The van der Waals surface area contributed by atoms with E-state index in [9.17, 15) is 29.1 Å². The molecule has 0 bridgehead atoms. The maximum absolute atomic E-state index is 14.1. The molecule has 0 unspecified atom stereocenters. The second-order valence-electron chi connectivity index (χ2n) is 13.3. The van der Waals surface area contributed by atoms with E-state index in [1.165, 1.54) is 0 Å². The van der Waals surface area contributed by atoms with E-state index in [1.54, 1.807) is 27.0 Å². The van der Waals surface area contributed by atoms with Gasteiger partial charge in [-0.3, -0.25) is 14.4 Å². The number of ether oxygens (including phenoxy) is 1. The first-order valence-electron chi connectivity index (χ1n) is 16.8. The number of benzene rings is 3. The predicted octanol–water partition coefficient (Wildman–Crippen LogP) is 2.98. The molecular formula is C38H46N6O7. The van der Waals surface area contributed by atoms with Gasteiger partial charge in [0.2, 0.25) is 17.7 Å². The standard InChI is InChI=1S/C38H46N6O7/c1-38(2,3)51-37(50)44-32(36(48)49)21-33(45)42-31(20-26-23-40-29-17-11-10-16-28(26)29)35(47)43-30(19-25-14-8-5-9-15-25)34(46)41-27(22-39)18-24-12-6-4-7-13-24/h4-17,23,27,30-32,40H,18-22,39H2,1-3H3,(H,41,46)(H,42,45)(H,43,47)(H,44,50)(H,48,49)/t27-,30+,31+,32+/m1/s1. The molecule has 0 saturated carbocycles. The molecule has 4 aromatic rings. The quantitative estimate of drug-likeness (QED) is 0.0925. The number of fused-ring (bicyclic) bond motifs is 1. The van der Waals surface area contributed by atoms with Crippen LogP contribution in [-0.4, -0.2) is 76.2 Å². The Balaban J connectivity index is 1.57. The van der Waals surface area contributed by atoms with E-state index in [2.05, 4.69) is 26.3 Å². The normalized spacial score (nSPS) is 13.6. The van der Waals surface area contributed by atoms with Gasteiger partial charge in [0.1, 0.15) is 23.7 Å². The fourth-order valence-corrected chi connectivity index (χ4v) is 5.54. The average molecular weight is 699 g/mol. The number of carboxylic acid groups (broad SMARTS) is 1. The van der Waals surface area contributed by atoms with Crippen molar-refractivity contribution in [3.05, 3.63) is 108 Å². The maximum Gasteiger partial charge on any atom is 0.408 e. The second kappa shape index (κ2) is 17.8. The van der Waals surface area contributed by atoms with Crippen LogP contribution in [0, 0.1) is 0 Å². The topological polar surface area (TPSA) is 205 Å². The summed E-state index contributed by atoms with van der Waals surface area (Å²) in [4.78, 5) is 68.7. The predicted molar refractivity (Wildman–Crippen MR) is 193 cm³/mol. The molecule has 13 heteroatoms. The summed E-state index contributed by atoms with van der Waals surface area (Å²) < 4.78 is 5.16. The van der Waals surface area contributed by atoms with Crippen molar-refractivity contribution in [3.8, 4) is 0 Å². The van der Waals surface area contributed by atoms with E-state index in [4.69, 9.17) is 10.5 Å². The van der Waals surface area contributed by atoms with Crippen LogP contribution in [0.5, 0.6) is 0 Å². The monoisotopic (exact) mass is 698 g/mol. The van der Waals surface area contributed by atoms with Crippen LogP contribution in [0.1, 0.15) is 43.9 Å². The zero-order chi connectivity index (χ0) is 37.0. The molecule has 1 heterocycles. The zero-order valence-corrected chi connectivity index (χ0v) is 29.0. The van der Waals surface area contributed by atoms with E-state index in [0.29, 0.717) is 12.0 Å². The first-order valence-corrected chi connectivity index (χ1v) is 16.8. The van der Waals surface area contributed by atoms with Crippen molar-refractivity contribution in [2.75, 3.05) is 6.54 Å². The van der Waals surface area contributed by atoms with Gasteiger partial charge in [-0.05, 0) is 49.9 Å². The number of H-pyrrole nitrogens is 1. The first kappa shape index (κ1) is 38.1. The van der Waals surface area contributed by atoms with Crippen molar-refractivity contribution in [1.82, 2.24) is 26.3 Å². The smallest absolute Gasteiger partial charge is 0.408 e. The largest absolute Gasteiger partial charge is 0.480 e. The molecule has 13 nitrogen and oxygen atoms in total. The van der Waals surface area contributed by atoms with Crippen molar-refractivity contribution < 1.29 is 33.8 Å². The van der Waals surface area contributed by atoms with E-state index in [0.717, 1.165) is 22.0 Å². The Morgan fingerprint density at radius 1 is 0.725 bits per heavy atom. The molecule has 8 N–H and O–H groups in total. The summed E-state index contributed by atoms with van der Waals surface area (Å²) in [7, 11) is 0. The Labute approximate surface area is 296 Å². The van der Waals surface area contributed by atoms with Crippen molar-refractivity contribution in [2.24, 2.45) is 5.73 Å². The Kier molecular flexibility index (Phi) is 13.3. The molecule has 4 amide bonds. The highest BCUT2D eigenvalue weighted by Crippen LogP contribution is 2.20. The number of para-hydroxylation sites is 1. The van der Waals surface area contributed by atoms with Crippen LogP contribution in [0.4, 0.5) is 4.79 Å². The molecule has 0 aliphatic carbocycles. The van der Waals surface area contributed by atoms with Crippen molar-refractivity contribution in [2.45, 2.75) is 76.2 Å². The molecule has 0 fully saturated rings. The number of nitrogens with one attached hydrogen (secondary N) is 5. The number of aliphatic carboxylic acids is 1. The Bertz CT molecular complexity index is 1790. The van der Waals surface area contributed by atoms with Gasteiger partial charge in [0, 0.05) is 42.5 Å². The van der Waals surface area contributed by atoms with Gasteiger partial charge in [-0.2, -0.15) is 0 Å². The molecule has 0 radical (unpaired) electrons. The van der Waals surface area contributed by atoms with Gasteiger partial charge in [0.05, 0.1) is 6.42 Å². The highest BCUT2D eigenvalue weighted by molar-refractivity contribution is 5.94. The maximum atomic E-state index is 14.1. The lowest BCUT2D eigenvalue weighted by Gasteiger charge is -2.26. The Hall–Kier alpha value is -5.69. The third kappa shape index (κ3) is 12.0. The number of aromatic nitrogens is 1. The third-order valence-electron chi connectivity index (χ3n) is 8.00. The van der Waals surface area contributed by atoms with Crippen molar-refractivity contribution in [3.63, 3.8) is 0 Å². The molecule has 0 spiro atoms. The van der Waals surface area contributed by atoms with Gasteiger partial charge in [-0.1, -0.05) is 78.9 Å². The fraction of sp³-hybridized carbons (Fsp3) is 0.342. The third-order valence-corrected chi connectivity index (χ3v) is 8.00. The highest BCUT2D eigenvalue weighted by atomic mass is 16.6. The number of amides is 4. The zero-order valence-electron chi connectivity index (χ0n) is 29.0. The number of carbonyl (C=O) groups excluding carboxylic acids is 4. The summed E-state index contributed by atoms with van der Waals surface area (Å²) in [5.41, 5.74) is 8.45. The molecule has 51 heavy (non-hydrogen) atoms. The van der Waals surface area contributed by atoms with E-state index in [-0.39, 0.29) is 19.4 Å². The molecule has 4 atom stereocenters. The number of carboxylic acids is 1. The van der Waals surface area contributed by atoms with E-state index < -0.39 is 66.0 Å². The number of carbonyl (C=O) groups is 5. The number of alkyl carbamates (subject to hydrolysis) is 1. The van der Waals surface area contributed by atoms with Crippen LogP contribution in [0.15, 0.2) is 91.1 Å². The molecule has 0 aliphatic rings. The van der Waals surface area contributed by atoms with Gasteiger partial charge >= 0.3 is 12.1 Å². The number of nitrogens with two attached hydrogens (primary N) is 1. The van der Waals surface area contributed by atoms with Crippen LogP contribution in [0.2, 0.25) is 0 Å². The Morgan fingerprint density at radius 2 is 1.29 bits per heavy atom.